The highest BCUT2D eigenvalue weighted by atomic mass is 79.9. The molecule has 0 bridgehead atoms. The SMILES string of the molecule is CCCCCCCCC1(CCCCCCCC)c2cc(Br)ccc2-c2ccc(Br)cc21.CCCCCCc1ccc(C2(c3ccc(CCCCCC)cc3)c3cc(B4OC(C)(C)C(C)(C)O4)ccc3-c3ccc(B4OC(C)(C)C(C)(C)O4)cc32)cc1.Cc1cc(C(C)(C)C)cc(C)c1N(c1ccc(Br)cc1)c1ccc(N(c2ccc(Br)cc2)c2c(C)cc(C(C)(C)C)cc2C)cc1. The van der Waals surface area contributed by atoms with Gasteiger partial charge in [-0.2, -0.15) is 0 Å². The average molecular weight is 2030 g/mol. The molecule has 6 nitrogen and oxygen atoms in total. The molecule has 4 aliphatic rings. The Kier molecular flexibility index (Phi) is 33.9. The normalized spacial score (nSPS) is 15.7. The number of hydrogen-bond acceptors (Lipinski definition) is 6. The minimum absolute atomic E-state index is 0.0793. The lowest BCUT2D eigenvalue weighted by molar-refractivity contribution is 0.00578. The van der Waals surface area contributed by atoms with E-state index >= 15 is 0 Å². The summed E-state index contributed by atoms with van der Waals surface area (Å²) >= 11 is 14.9. The second kappa shape index (κ2) is 43.7. The molecule has 2 fully saturated rings. The van der Waals surface area contributed by atoms with Gasteiger partial charge in [0, 0.05) is 46.1 Å². The number of hydrogen-bond donors (Lipinski definition) is 0. The zero-order chi connectivity index (χ0) is 94.9. The highest BCUT2D eigenvalue weighted by Gasteiger charge is 2.56. The number of aryl methyl sites for hydroxylation is 6. The molecular weight excluding hydrogens is 1870 g/mol. The van der Waals surface area contributed by atoms with E-state index in [9.17, 15) is 0 Å². The Morgan fingerprint density at radius 1 is 0.288 bits per heavy atom. The summed E-state index contributed by atoms with van der Waals surface area (Å²) < 4.78 is 31.3. The van der Waals surface area contributed by atoms with E-state index in [2.05, 4.69) is 444 Å². The highest BCUT2D eigenvalue weighted by Crippen LogP contribution is 2.59. The first-order valence-electron chi connectivity index (χ1n) is 50.0. The third-order valence-corrected chi connectivity index (χ3v) is 31.6. The Bertz CT molecular complexity index is 5280. The molecule has 2 saturated heterocycles. The number of fused-ring (bicyclic) bond motifs is 6. The Labute approximate surface area is 831 Å². The fourth-order valence-electron chi connectivity index (χ4n) is 20.5. The second-order valence-corrected chi connectivity index (χ2v) is 46.3. The fraction of sp³-hybridized carbons (Fsp3) is 0.450. The summed E-state index contributed by atoms with van der Waals surface area (Å²) in [6.07, 6.45) is 31.2. The second-order valence-electron chi connectivity index (χ2n) is 42.6. The number of unbranched alkanes of at least 4 members (excludes halogenated alkanes) is 16. The number of rotatable bonds is 34. The molecule has 0 amide bonds. The molecule has 698 valence electrons. The predicted molar refractivity (Wildman–Crippen MR) is 582 cm³/mol. The fourth-order valence-corrected chi connectivity index (χ4v) is 21.8. The Balaban J connectivity index is 0.000000175. The maximum Gasteiger partial charge on any atom is 0.494 e. The summed E-state index contributed by atoms with van der Waals surface area (Å²) in [4.78, 5) is 4.79. The summed E-state index contributed by atoms with van der Waals surface area (Å²) in [6, 6.07) is 82.5. The molecule has 11 aromatic rings. The first-order chi connectivity index (χ1) is 62.8. The zero-order valence-electron chi connectivity index (χ0n) is 83.9. The molecule has 12 heteroatoms. The molecular formula is C120H150B2Br4N2O4. The lowest BCUT2D eigenvalue weighted by Crippen LogP contribution is -2.41. The van der Waals surface area contributed by atoms with Crippen LogP contribution < -0.4 is 20.7 Å². The van der Waals surface area contributed by atoms with Crippen LogP contribution in [0.2, 0.25) is 0 Å². The monoisotopic (exact) mass is 2020 g/mol. The number of anilines is 6. The Hall–Kier alpha value is -7.09. The molecule has 2 aliphatic carbocycles. The molecule has 0 N–H and O–H groups in total. The van der Waals surface area contributed by atoms with Gasteiger partial charge in [0.05, 0.1) is 39.2 Å². The number of nitrogens with zero attached hydrogens (tertiary/aromatic N) is 2. The number of halogens is 4. The summed E-state index contributed by atoms with van der Waals surface area (Å²) in [6.45, 7) is 48.8. The van der Waals surface area contributed by atoms with E-state index in [1.807, 2.05) is 0 Å². The molecule has 132 heavy (non-hydrogen) atoms. The number of benzene rings is 11. The van der Waals surface area contributed by atoms with Gasteiger partial charge in [-0.1, -0.05) is 370 Å². The molecule has 0 aromatic heterocycles. The first-order valence-corrected chi connectivity index (χ1v) is 53.2. The summed E-state index contributed by atoms with van der Waals surface area (Å²) in [5, 5.41) is 0. The van der Waals surface area contributed by atoms with Gasteiger partial charge in [-0.25, -0.2) is 0 Å². The lowest BCUT2D eigenvalue weighted by Gasteiger charge is -2.35. The van der Waals surface area contributed by atoms with Crippen molar-refractivity contribution in [2.24, 2.45) is 0 Å². The van der Waals surface area contributed by atoms with Gasteiger partial charge in [-0.05, 0) is 341 Å². The van der Waals surface area contributed by atoms with Crippen molar-refractivity contribution < 1.29 is 18.6 Å². The van der Waals surface area contributed by atoms with Crippen LogP contribution in [0.3, 0.4) is 0 Å². The van der Waals surface area contributed by atoms with Crippen LogP contribution in [-0.2, 0) is 53.1 Å². The van der Waals surface area contributed by atoms with Crippen molar-refractivity contribution in [2.45, 2.75) is 350 Å². The lowest BCUT2D eigenvalue weighted by atomic mass is 9.65. The van der Waals surface area contributed by atoms with Crippen molar-refractivity contribution in [3.8, 4) is 22.3 Å². The standard InChI is InChI=1S/C49H64B2O4.C42H46Br2N2.C29H40Br2/c1-11-13-15-17-19-35-21-25-37(26-22-35)49(38-27-23-36(24-28-38)20-18-16-14-12-2)43-33-39(50-52-45(3,4)46(5,6)53-50)29-31-41(43)42-32-30-40(34-44(42)49)51-54-47(7,8)48(9,10)55-51;1-27-23-31(41(5,6)7)24-28(2)39(27)45(35-15-11-33(43)12-16-35)37-19-21-38(22-20-37)46(36-17-13-34(44)14-18-36)40-29(3)25-32(26-30(40)4)42(8,9)10;1-3-5-7-9-11-13-19-29(20-14-12-10-8-6-4-2)27-21-23(30)15-17-25(27)26-18-16-24(31)22-28(26)29/h21-34H,11-20H2,1-10H3;11-26H,1-10H3;15-18,21-22H,3-14,19-20H2,1-2H3. The van der Waals surface area contributed by atoms with Crippen LogP contribution in [0.25, 0.3) is 22.3 Å². The quantitative estimate of drug-likeness (QED) is 0.0296. The molecule has 15 rings (SSSR count). The van der Waals surface area contributed by atoms with Crippen LogP contribution in [-0.4, -0.2) is 36.6 Å². The van der Waals surface area contributed by atoms with Crippen molar-refractivity contribution in [1.29, 1.82) is 0 Å². The first kappa shape index (κ1) is 102. The molecule has 2 aliphatic heterocycles. The van der Waals surface area contributed by atoms with E-state index in [1.54, 1.807) is 11.1 Å². The summed E-state index contributed by atoms with van der Waals surface area (Å²) in [7, 11) is -0.930. The Morgan fingerprint density at radius 2 is 0.553 bits per heavy atom. The van der Waals surface area contributed by atoms with Crippen molar-refractivity contribution in [1.82, 2.24) is 0 Å². The summed E-state index contributed by atoms with van der Waals surface area (Å²) in [5.41, 5.74) is 31.1. The van der Waals surface area contributed by atoms with E-state index in [-0.39, 0.29) is 16.2 Å². The minimum atomic E-state index is -0.592. The topological polar surface area (TPSA) is 43.4 Å². The third-order valence-electron chi connectivity index (χ3n) is 29.5. The summed E-state index contributed by atoms with van der Waals surface area (Å²) in [5.74, 6) is 0. The van der Waals surface area contributed by atoms with Crippen LogP contribution in [0.1, 0.15) is 344 Å². The molecule has 0 saturated carbocycles. The zero-order valence-corrected chi connectivity index (χ0v) is 90.3. The average Bonchev–Trinajstić information content (AvgIpc) is 1.51. The van der Waals surface area contributed by atoms with Gasteiger partial charge in [-0.3, -0.25) is 0 Å². The van der Waals surface area contributed by atoms with Crippen LogP contribution in [0.15, 0.2) is 236 Å². The van der Waals surface area contributed by atoms with Crippen LogP contribution in [0, 0.1) is 27.7 Å². The smallest absolute Gasteiger partial charge is 0.399 e. The van der Waals surface area contributed by atoms with Gasteiger partial charge in [0.25, 0.3) is 0 Å². The highest BCUT2D eigenvalue weighted by molar-refractivity contribution is 9.11. The van der Waals surface area contributed by atoms with E-state index < -0.39 is 42.1 Å². The third kappa shape index (κ3) is 22.8. The molecule has 0 spiro atoms. The van der Waals surface area contributed by atoms with Gasteiger partial charge in [0.1, 0.15) is 0 Å². The van der Waals surface area contributed by atoms with E-state index in [0.717, 1.165) is 55.5 Å². The van der Waals surface area contributed by atoms with E-state index in [0.29, 0.717) is 0 Å². The van der Waals surface area contributed by atoms with E-state index in [4.69, 9.17) is 18.6 Å². The van der Waals surface area contributed by atoms with Crippen molar-refractivity contribution in [3.05, 3.63) is 314 Å². The van der Waals surface area contributed by atoms with Crippen molar-refractivity contribution in [3.63, 3.8) is 0 Å². The Morgan fingerprint density at radius 3 is 0.856 bits per heavy atom. The van der Waals surface area contributed by atoms with Crippen molar-refractivity contribution >= 4 is 123 Å². The molecule has 11 aromatic carbocycles. The van der Waals surface area contributed by atoms with Crippen LogP contribution in [0.4, 0.5) is 34.1 Å². The molecule has 0 unspecified atom stereocenters. The van der Waals surface area contributed by atoms with Crippen LogP contribution >= 0.6 is 63.7 Å². The maximum atomic E-state index is 6.68. The predicted octanol–water partition coefficient (Wildman–Crippen LogP) is 35.9. The van der Waals surface area contributed by atoms with Crippen molar-refractivity contribution in [2.75, 3.05) is 9.80 Å². The van der Waals surface area contributed by atoms with Gasteiger partial charge in [0.2, 0.25) is 0 Å². The van der Waals surface area contributed by atoms with Gasteiger partial charge in [0.15, 0.2) is 0 Å². The molecule has 0 atom stereocenters. The van der Waals surface area contributed by atoms with Gasteiger partial charge in [-0.15, -0.1) is 0 Å². The maximum absolute atomic E-state index is 6.68. The molecule has 0 radical (unpaired) electrons. The van der Waals surface area contributed by atoms with E-state index in [1.165, 1.54) is 251 Å². The van der Waals surface area contributed by atoms with Gasteiger partial charge < -0.3 is 28.4 Å². The molecule has 2 heterocycles. The minimum Gasteiger partial charge on any atom is -0.399 e. The van der Waals surface area contributed by atoms with Crippen LogP contribution in [0.5, 0.6) is 0 Å². The largest absolute Gasteiger partial charge is 0.494 e. The van der Waals surface area contributed by atoms with Gasteiger partial charge >= 0.3 is 14.2 Å².